The molecule has 0 aromatic heterocycles. The highest BCUT2D eigenvalue weighted by Gasteiger charge is 2.41. The summed E-state index contributed by atoms with van der Waals surface area (Å²) in [5.74, 6) is -0.991. The van der Waals surface area contributed by atoms with Gasteiger partial charge in [0.25, 0.3) is 0 Å². The number of nitrogens with one attached hydrogen (secondary N) is 1. The molecular weight excluding hydrogens is 248 g/mol. The monoisotopic (exact) mass is 270 g/mol. The van der Waals surface area contributed by atoms with Gasteiger partial charge in [0.15, 0.2) is 0 Å². The Kier molecular flexibility index (Phi) is 4.42. The Morgan fingerprint density at radius 1 is 1.42 bits per heavy atom. The number of carboxylic acid groups (broad SMARTS) is 1. The standard InChI is InChI=1S/C13H22N2O4/c1-8-4-3-5-15(11(8)13(17)18)12(16)10-6-9(19-2)7-14-10/h8-11,14H,3-7H2,1-2H3,(H,17,18). The summed E-state index contributed by atoms with van der Waals surface area (Å²) in [5.41, 5.74) is 0. The van der Waals surface area contributed by atoms with Crippen LogP contribution in [-0.2, 0) is 14.3 Å². The molecule has 19 heavy (non-hydrogen) atoms. The van der Waals surface area contributed by atoms with Gasteiger partial charge in [0.05, 0.1) is 12.1 Å². The second-order valence-electron chi connectivity index (χ2n) is 5.49. The minimum Gasteiger partial charge on any atom is -0.480 e. The number of hydrogen-bond donors (Lipinski definition) is 2. The van der Waals surface area contributed by atoms with Crippen molar-refractivity contribution in [2.24, 2.45) is 5.92 Å². The maximum Gasteiger partial charge on any atom is 0.326 e. The van der Waals surface area contributed by atoms with E-state index in [1.54, 1.807) is 7.11 Å². The van der Waals surface area contributed by atoms with E-state index in [0.717, 1.165) is 12.8 Å². The van der Waals surface area contributed by atoms with Crippen LogP contribution in [0.3, 0.4) is 0 Å². The first-order valence-electron chi connectivity index (χ1n) is 6.84. The number of ether oxygens (including phenoxy) is 1. The van der Waals surface area contributed by atoms with E-state index in [0.29, 0.717) is 19.5 Å². The lowest BCUT2D eigenvalue weighted by atomic mass is 9.90. The summed E-state index contributed by atoms with van der Waals surface area (Å²) in [6, 6.07) is -0.998. The van der Waals surface area contributed by atoms with Crippen LogP contribution in [0.1, 0.15) is 26.2 Å². The highest BCUT2D eigenvalue weighted by atomic mass is 16.5. The molecule has 0 saturated carbocycles. The van der Waals surface area contributed by atoms with Gasteiger partial charge in [-0.2, -0.15) is 0 Å². The Hall–Kier alpha value is -1.14. The Morgan fingerprint density at radius 2 is 2.16 bits per heavy atom. The van der Waals surface area contributed by atoms with Crippen LogP contribution < -0.4 is 5.32 Å². The summed E-state index contributed by atoms with van der Waals surface area (Å²) in [6.07, 6.45) is 2.39. The predicted molar refractivity (Wildman–Crippen MR) is 68.7 cm³/mol. The molecule has 6 nitrogen and oxygen atoms in total. The predicted octanol–water partition coefficient (Wildman–Crippen LogP) is 0.0750. The third kappa shape index (κ3) is 2.90. The Labute approximate surface area is 113 Å². The lowest BCUT2D eigenvalue weighted by Crippen LogP contribution is -2.56. The molecule has 2 N–H and O–H groups in total. The van der Waals surface area contributed by atoms with Gasteiger partial charge >= 0.3 is 5.97 Å². The largest absolute Gasteiger partial charge is 0.480 e. The first kappa shape index (κ1) is 14.3. The Bertz CT molecular complexity index is 361. The minimum atomic E-state index is -0.901. The number of aliphatic carboxylic acids is 1. The number of likely N-dealkylation sites (tertiary alicyclic amines) is 1. The molecule has 108 valence electrons. The van der Waals surface area contributed by atoms with Crippen LogP contribution >= 0.6 is 0 Å². The van der Waals surface area contributed by atoms with Gasteiger partial charge in [0, 0.05) is 20.2 Å². The summed E-state index contributed by atoms with van der Waals surface area (Å²) in [4.78, 5) is 25.4. The number of hydrogen-bond acceptors (Lipinski definition) is 4. The van der Waals surface area contributed by atoms with Crippen LogP contribution in [0.25, 0.3) is 0 Å². The smallest absolute Gasteiger partial charge is 0.326 e. The van der Waals surface area contributed by atoms with Crippen molar-refractivity contribution in [2.45, 2.75) is 44.4 Å². The highest BCUT2D eigenvalue weighted by Crippen LogP contribution is 2.25. The van der Waals surface area contributed by atoms with Gasteiger partial charge in [-0.25, -0.2) is 4.79 Å². The molecule has 0 aromatic rings. The molecule has 4 atom stereocenters. The molecule has 2 rings (SSSR count). The van der Waals surface area contributed by atoms with Crippen LogP contribution in [0.5, 0.6) is 0 Å². The Balaban J connectivity index is 2.06. The van der Waals surface area contributed by atoms with E-state index in [9.17, 15) is 14.7 Å². The van der Waals surface area contributed by atoms with Crippen molar-refractivity contribution < 1.29 is 19.4 Å². The SMILES string of the molecule is COC1CNC(C(=O)N2CCCC(C)C2C(=O)O)C1. The van der Waals surface area contributed by atoms with E-state index >= 15 is 0 Å². The number of carbonyl (C=O) groups is 2. The summed E-state index contributed by atoms with van der Waals surface area (Å²) in [7, 11) is 1.63. The zero-order chi connectivity index (χ0) is 14.0. The summed E-state index contributed by atoms with van der Waals surface area (Å²) in [6.45, 7) is 3.09. The summed E-state index contributed by atoms with van der Waals surface area (Å²) < 4.78 is 5.22. The molecule has 6 heteroatoms. The normalized spacial score (nSPS) is 35.4. The molecule has 2 heterocycles. The molecule has 0 spiro atoms. The van der Waals surface area contributed by atoms with Gasteiger partial charge in [0.2, 0.25) is 5.91 Å². The molecular formula is C13H22N2O4. The van der Waals surface area contributed by atoms with Gasteiger partial charge in [-0.3, -0.25) is 4.79 Å². The zero-order valence-corrected chi connectivity index (χ0v) is 11.5. The van der Waals surface area contributed by atoms with Gasteiger partial charge in [-0.1, -0.05) is 6.92 Å². The first-order valence-corrected chi connectivity index (χ1v) is 6.84. The van der Waals surface area contributed by atoms with E-state index in [4.69, 9.17) is 4.74 Å². The van der Waals surface area contributed by atoms with Crippen molar-refractivity contribution in [3.8, 4) is 0 Å². The van der Waals surface area contributed by atoms with Crippen LogP contribution in [0, 0.1) is 5.92 Å². The maximum atomic E-state index is 12.5. The molecule has 2 saturated heterocycles. The first-order chi connectivity index (χ1) is 9.04. The van der Waals surface area contributed by atoms with Crippen molar-refractivity contribution in [2.75, 3.05) is 20.2 Å². The topological polar surface area (TPSA) is 78.9 Å². The molecule has 2 aliphatic rings. The third-order valence-electron chi connectivity index (χ3n) is 4.19. The molecule has 2 fully saturated rings. The summed E-state index contributed by atoms with van der Waals surface area (Å²) in [5, 5.41) is 12.4. The highest BCUT2D eigenvalue weighted by molar-refractivity contribution is 5.87. The lowest BCUT2D eigenvalue weighted by molar-refractivity contribution is -0.155. The van der Waals surface area contributed by atoms with E-state index in [1.165, 1.54) is 4.90 Å². The third-order valence-corrected chi connectivity index (χ3v) is 4.19. The molecule has 0 radical (unpaired) electrons. The fourth-order valence-electron chi connectivity index (χ4n) is 3.08. The molecule has 0 aromatic carbocycles. The average molecular weight is 270 g/mol. The van der Waals surface area contributed by atoms with Crippen molar-refractivity contribution in [1.82, 2.24) is 10.2 Å². The van der Waals surface area contributed by atoms with Gasteiger partial charge < -0.3 is 20.1 Å². The molecule has 0 aliphatic carbocycles. The molecule has 4 unspecified atom stereocenters. The average Bonchev–Trinajstić information content (AvgIpc) is 2.85. The summed E-state index contributed by atoms with van der Waals surface area (Å²) >= 11 is 0. The van der Waals surface area contributed by atoms with Crippen LogP contribution in [0.2, 0.25) is 0 Å². The van der Waals surface area contributed by atoms with E-state index in [2.05, 4.69) is 5.32 Å². The second-order valence-corrected chi connectivity index (χ2v) is 5.49. The van der Waals surface area contributed by atoms with Gasteiger partial charge in [-0.15, -0.1) is 0 Å². The van der Waals surface area contributed by atoms with Crippen molar-refractivity contribution in [1.29, 1.82) is 0 Å². The minimum absolute atomic E-state index is 0.00910. The second kappa shape index (κ2) is 5.88. The molecule has 2 aliphatic heterocycles. The zero-order valence-electron chi connectivity index (χ0n) is 11.5. The quantitative estimate of drug-likeness (QED) is 0.759. The number of carbonyl (C=O) groups excluding carboxylic acids is 1. The van der Waals surface area contributed by atoms with Crippen molar-refractivity contribution >= 4 is 11.9 Å². The fraction of sp³-hybridized carbons (Fsp3) is 0.846. The maximum absolute atomic E-state index is 12.5. The number of piperidine rings is 1. The number of amides is 1. The fourth-order valence-corrected chi connectivity index (χ4v) is 3.08. The number of carboxylic acids is 1. The van der Waals surface area contributed by atoms with Crippen LogP contribution in [0.4, 0.5) is 0 Å². The van der Waals surface area contributed by atoms with E-state index < -0.39 is 12.0 Å². The number of rotatable bonds is 3. The Morgan fingerprint density at radius 3 is 2.74 bits per heavy atom. The number of methoxy groups -OCH3 is 1. The van der Waals surface area contributed by atoms with Crippen LogP contribution in [0.15, 0.2) is 0 Å². The van der Waals surface area contributed by atoms with Crippen molar-refractivity contribution in [3.63, 3.8) is 0 Å². The number of nitrogens with zero attached hydrogens (tertiary/aromatic N) is 1. The van der Waals surface area contributed by atoms with Crippen LogP contribution in [-0.4, -0.2) is 60.3 Å². The molecule has 1 amide bonds. The van der Waals surface area contributed by atoms with E-state index in [-0.39, 0.29) is 24.0 Å². The lowest BCUT2D eigenvalue weighted by Gasteiger charge is -2.38. The molecule has 0 bridgehead atoms. The van der Waals surface area contributed by atoms with Gasteiger partial charge in [0.1, 0.15) is 6.04 Å². The van der Waals surface area contributed by atoms with E-state index in [1.807, 2.05) is 6.92 Å². The van der Waals surface area contributed by atoms with Crippen molar-refractivity contribution in [3.05, 3.63) is 0 Å². The van der Waals surface area contributed by atoms with Gasteiger partial charge in [-0.05, 0) is 25.2 Å².